The van der Waals surface area contributed by atoms with Crippen molar-refractivity contribution in [1.29, 1.82) is 0 Å². The molecule has 0 spiro atoms. The molecule has 148 valence electrons. The van der Waals surface area contributed by atoms with Gasteiger partial charge in [0.05, 0.1) is 6.10 Å². The van der Waals surface area contributed by atoms with Crippen LogP contribution in [0.15, 0.2) is 84.9 Å². The molecule has 1 unspecified atom stereocenters. The van der Waals surface area contributed by atoms with Gasteiger partial charge in [0.1, 0.15) is 5.82 Å². The van der Waals surface area contributed by atoms with Crippen LogP contribution in [0.2, 0.25) is 0 Å². The fourth-order valence-corrected chi connectivity index (χ4v) is 3.84. The number of rotatable bonds is 6. The fourth-order valence-electron chi connectivity index (χ4n) is 3.84. The van der Waals surface area contributed by atoms with Crippen molar-refractivity contribution in [2.24, 2.45) is 0 Å². The summed E-state index contributed by atoms with van der Waals surface area (Å²) >= 11 is 0. The van der Waals surface area contributed by atoms with E-state index in [0.29, 0.717) is 6.42 Å². The van der Waals surface area contributed by atoms with Crippen molar-refractivity contribution in [2.75, 3.05) is 19.6 Å². The highest BCUT2D eigenvalue weighted by Gasteiger charge is 2.15. The van der Waals surface area contributed by atoms with Crippen LogP contribution in [0.5, 0.6) is 0 Å². The van der Waals surface area contributed by atoms with Gasteiger partial charge in [-0.3, -0.25) is 4.90 Å². The second-order valence-electron chi connectivity index (χ2n) is 7.58. The van der Waals surface area contributed by atoms with Gasteiger partial charge in [-0.1, -0.05) is 72.8 Å². The zero-order valence-electron chi connectivity index (χ0n) is 16.5. The summed E-state index contributed by atoms with van der Waals surface area (Å²) < 4.78 is 13.1. The Balaban J connectivity index is 1.30. The molecule has 0 saturated heterocycles. The lowest BCUT2D eigenvalue weighted by atomic mass is 9.98. The minimum Gasteiger partial charge on any atom is -0.388 e. The molecule has 0 amide bonds. The zero-order chi connectivity index (χ0) is 20.1. The number of benzene rings is 3. The summed E-state index contributed by atoms with van der Waals surface area (Å²) in [5.74, 6) is -0.197. The van der Waals surface area contributed by atoms with Crippen molar-refractivity contribution in [1.82, 2.24) is 4.90 Å². The van der Waals surface area contributed by atoms with Gasteiger partial charge in [0.25, 0.3) is 0 Å². The maximum Gasteiger partial charge on any atom is 0.123 e. The van der Waals surface area contributed by atoms with E-state index in [0.717, 1.165) is 42.7 Å². The third-order valence-corrected chi connectivity index (χ3v) is 5.63. The normalized spacial score (nSPS) is 15.7. The van der Waals surface area contributed by atoms with Crippen LogP contribution < -0.4 is 0 Å². The highest BCUT2D eigenvalue weighted by molar-refractivity contribution is 5.66. The molecule has 0 fully saturated rings. The molecule has 2 nitrogen and oxygen atoms in total. The Bertz CT molecular complexity index is 948. The van der Waals surface area contributed by atoms with Gasteiger partial charge in [-0.25, -0.2) is 4.39 Å². The van der Waals surface area contributed by atoms with Gasteiger partial charge in [0, 0.05) is 19.6 Å². The van der Waals surface area contributed by atoms with E-state index in [1.54, 1.807) is 0 Å². The van der Waals surface area contributed by atoms with E-state index in [1.165, 1.54) is 23.3 Å². The lowest BCUT2D eigenvalue weighted by Gasteiger charge is -2.27. The van der Waals surface area contributed by atoms with Gasteiger partial charge in [0.2, 0.25) is 0 Å². The van der Waals surface area contributed by atoms with E-state index in [2.05, 4.69) is 35.2 Å². The number of halogens is 1. The predicted octanol–water partition coefficient (Wildman–Crippen LogP) is 5.71. The van der Waals surface area contributed by atoms with Crippen molar-refractivity contribution in [2.45, 2.75) is 18.9 Å². The average Bonchev–Trinajstić information content (AvgIpc) is 2.79. The first-order valence-electron chi connectivity index (χ1n) is 10.2. The minimum absolute atomic E-state index is 0.197. The number of hydrogen-bond acceptors (Lipinski definition) is 2. The average molecular weight is 387 g/mol. The lowest BCUT2D eigenvalue weighted by Crippen LogP contribution is -2.30. The van der Waals surface area contributed by atoms with E-state index >= 15 is 0 Å². The molecule has 1 N–H and O–H groups in total. The summed E-state index contributed by atoms with van der Waals surface area (Å²) in [5.41, 5.74) is 5.69. The van der Waals surface area contributed by atoms with E-state index in [4.69, 9.17) is 0 Å². The molecule has 0 bridgehead atoms. The van der Waals surface area contributed by atoms with Gasteiger partial charge < -0.3 is 5.11 Å². The van der Waals surface area contributed by atoms with Crippen molar-refractivity contribution < 1.29 is 9.50 Å². The molecule has 3 aromatic carbocycles. The predicted molar refractivity (Wildman–Crippen MR) is 117 cm³/mol. The molecule has 1 aliphatic rings. The summed E-state index contributed by atoms with van der Waals surface area (Å²) in [4.78, 5) is 2.36. The summed E-state index contributed by atoms with van der Waals surface area (Å²) in [6.07, 6.45) is 3.43. The zero-order valence-corrected chi connectivity index (χ0v) is 16.5. The Kier molecular flexibility index (Phi) is 6.18. The van der Waals surface area contributed by atoms with Crippen molar-refractivity contribution in [3.63, 3.8) is 0 Å². The smallest absolute Gasteiger partial charge is 0.123 e. The van der Waals surface area contributed by atoms with Gasteiger partial charge in [-0.05, 0) is 52.8 Å². The second kappa shape index (κ2) is 9.17. The SMILES string of the molecule is OC(CCN1CC=C(c2ccc(F)cc2)CC1)c1ccc(-c2ccccc2)cc1. The van der Waals surface area contributed by atoms with E-state index < -0.39 is 6.10 Å². The van der Waals surface area contributed by atoms with Crippen LogP contribution in [-0.4, -0.2) is 29.6 Å². The monoisotopic (exact) mass is 387 g/mol. The molecule has 1 atom stereocenters. The maximum absolute atomic E-state index is 13.1. The molecule has 3 aromatic rings. The van der Waals surface area contributed by atoms with Gasteiger partial charge in [-0.15, -0.1) is 0 Å². The Labute approximate surface area is 171 Å². The Morgan fingerprint density at radius 3 is 2.14 bits per heavy atom. The largest absolute Gasteiger partial charge is 0.388 e. The second-order valence-corrected chi connectivity index (χ2v) is 7.58. The molecule has 1 aliphatic heterocycles. The van der Waals surface area contributed by atoms with Crippen molar-refractivity contribution >= 4 is 5.57 Å². The Hall–Kier alpha value is -2.75. The molecule has 4 rings (SSSR count). The van der Waals surface area contributed by atoms with E-state index in [9.17, 15) is 9.50 Å². The number of aliphatic hydroxyl groups is 1. The number of aliphatic hydroxyl groups excluding tert-OH is 1. The van der Waals surface area contributed by atoms with Gasteiger partial charge in [-0.2, -0.15) is 0 Å². The summed E-state index contributed by atoms with van der Waals surface area (Å²) in [6, 6.07) is 25.2. The molecule has 1 heterocycles. The van der Waals surface area contributed by atoms with Crippen LogP contribution in [0.25, 0.3) is 16.7 Å². The van der Waals surface area contributed by atoms with E-state index in [1.807, 2.05) is 42.5 Å². The Morgan fingerprint density at radius 1 is 0.828 bits per heavy atom. The van der Waals surface area contributed by atoms with Crippen LogP contribution in [0, 0.1) is 5.82 Å². The quantitative estimate of drug-likeness (QED) is 0.586. The molecule has 3 heteroatoms. The molecule has 0 aromatic heterocycles. The third-order valence-electron chi connectivity index (χ3n) is 5.63. The van der Waals surface area contributed by atoms with E-state index in [-0.39, 0.29) is 5.82 Å². The minimum atomic E-state index is -0.456. The summed E-state index contributed by atoms with van der Waals surface area (Å²) in [5, 5.41) is 10.6. The highest BCUT2D eigenvalue weighted by atomic mass is 19.1. The van der Waals surface area contributed by atoms with Gasteiger partial charge >= 0.3 is 0 Å². The Morgan fingerprint density at radius 2 is 1.48 bits per heavy atom. The lowest BCUT2D eigenvalue weighted by molar-refractivity contribution is 0.145. The highest BCUT2D eigenvalue weighted by Crippen LogP contribution is 2.25. The van der Waals surface area contributed by atoms with Crippen LogP contribution in [0.1, 0.15) is 30.1 Å². The van der Waals surface area contributed by atoms with Crippen LogP contribution >= 0.6 is 0 Å². The molecule has 29 heavy (non-hydrogen) atoms. The maximum atomic E-state index is 13.1. The molecule has 0 radical (unpaired) electrons. The van der Waals surface area contributed by atoms with Gasteiger partial charge in [0.15, 0.2) is 0 Å². The van der Waals surface area contributed by atoms with Crippen LogP contribution in [-0.2, 0) is 0 Å². The number of nitrogens with zero attached hydrogens (tertiary/aromatic N) is 1. The van der Waals surface area contributed by atoms with Crippen molar-refractivity contribution in [3.8, 4) is 11.1 Å². The first-order chi connectivity index (χ1) is 14.2. The molecular formula is C26H26FNO. The first-order valence-corrected chi connectivity index (χ1v) is 10.2. The fraction of sp³-hybridized carbons (Fsp3) is 0.231. The topological polar surface area (TPSA) is 23.5 Å². The molecule has 0 saturated carbocycles. The third kappa shape index (κ3) is 5.00. The van der Waals surface area contributed by atoms with Crippen LogP contribution in [0.4, 0.5) is 4.39 Å². The first kappa shape index (κ1) is 19.6. The standard InChI is InChI=1S/C26H26FNO/c27-25-12-10-22(11-13-25)23-14-17-28(18-15-23)19-16-26(29)24-8-6-21(7-9-24)20-4-2-1-3-5-20/h1-14,26,29H,15-19H2. The molecular weight excluding hydrogens is 361 g/mol. The molecule has 0 aliphatic carbocycles. The van der Waals surface area contributed by atoms with Crippen molar-refractivity contribution in [3.05, 3.63) is 102 Å². The summed E-state index contributed by atoms with van der Waals surface area (Å²) in [6.45, 7) is 2.68. The van der Waals surface area contributed by atoms with Crippen LogP contribution in [0.3, 0.4) is 0 Å². The summed E-state index contributed by atoms with van der Waals surface area (Å²) in [7, 11) is 0. The number of hydrogen-bond donors (Lipinski definition) is 1.